The van der Waals surface area contributed by atoms with Gasteiger partial charge in [0.05, 0.1) is 0 Å². The molecular formula is C12H16O4. The van der Waals surface area contributed by atoms with Gasteiger partial charge >= 0.3 is 11.9 Å². The summed E-state index contributed by atoms with van der Waals surface area (Å²) in [6.45, 7) is 5.15. The number of hydrogen-bond acceptors (Lipinski definition) is 4. The fraction of sp³-hybridized carbons (Fsp3) is 0.667. The third-order valence-electron chi connectivity index (χ3n) is 3.29. The minimum absolute atomic E-state index is 0.356. The van der Waals surface area contributed by atoms with Crippen LogP contribution in [0.15, 0.2) is 11.1 Å². The Hall–Kier alpha value is -1.32. The minimum Gasteiger partial charge on any atom is -0.418 e. The molecule has 2 unspecified atom stereocenters. The summed E-state index contributed by atoms with van der Waals surface area (Å²) in [6.07, 6.45) is 2.35. The molecule has 0 amide bonds. The number of carbonyl (C=O) groups is 2. The number of rotatable bonds is 1. The molecule has 2 aliphatic rings. The van der Waals surface area contributed by atoms with E-state index in [0.29, 0.717) is 17.9 Å². The quantitative estimate of drug-likeness (QED) is 0.639. The Labute approximate surface area is 94.6 Å². The number of hydrogen-bond donors (Lipinski definition) is 0. The Bertz CT molecular complexity index is 382. The van der Waals surface area contributed by atoms with Crippen molar-refractivity contribution >= 4 is 11.9 Å². The lowest BCUT2D eigenvalue weighted by Gasteiger charge is -2.36. The zero-order chi connectivity index (χ0) is 11.9. The van der Waals surface area contributed by atoms with E-state index >= 15 is 0 Å². The summed E-state index contributed by atoms with van der Waals surface area (Å²) in [5.41, 5.74) is 1.46. The molecule has 16 heavy (non-hydrogen) atoms. The predicted octanol–water partition coefficient (Wildman–Crippen LogP) is 1.94. The first-order valence-electron chi connectivity index (χ1n) is 5.58. The average Bonchev–Trinajstić information content (AvgIpc) is 2.36. The maximum Gasteiger partial charge on any atom is 0.337 e. The Morgan fingerprint density at radius 2 is 2.25 bits per heavy atom. The van der Waals surface area contributed by atoms with Gasteiger partial charge < -0.3 is 9.47 Å². The van der Waals surface area contributed by atoms with Gasteiger partial charge in [-0.1, -0.05) is 6.92 Å². The lowest BCUT2D eigenvalue weighted by Crippen LogP contribution is -2.41. The highest BCUT2D eigenvalue weighted by Gasteiger charge is 2.51. The first-order chi connectivity index (χ1) is 7.44. The van der Waals surface area contributed by atoms with Crippen LogP contribution in [0.1, 0.15) is 40.0 Å². The third kappa shape index (κ3) is 1.62. The molecule has 1 saturated carbocycles. The van der Waals surface area contributed by atoms with E-state index in [4.69, 9.17) is 9.47 Å². The lowest BCUT2D eigenvalue weighted by molar-refractivity contribution is -0.213. The molecule has 1 aliphatic heterocycles. The molecule has 1 heterocycles. The van der Waals surface area contributed by atoms with Gasteiger partial charge in [0, 0.05) is 24.5 Å². The van der Waals surface area contributed by atoms with E-state index in [1.54, 1.807) is 6.92 Å². The fourth-order valence-corrected chi connectivity index (χ4v) is 2.55. The normalized spacial score (nSPS) is 33.4. The van der Waals surface area contributed by atoms with Gasteiger partial charge in [-0.2, -0.15) is 0 Å². The standard InChI is InChI=1S/C12H16O4/c1-7-4-5-10-8(2)11(14)16-12(10,6-7)15-9(3)13/h7H,4-6H2,1-3H3. The number of fused-ring (bicyclic) bond motifs is 1. The monoisotopic (exact) mass is 224 g/mol. The van der Waals surface area contributed by atoms with Crippen LogP contribution < -0.4 is 0 Å². The van der Waals surface area contributed by atoms with Crippen LogP contribution in [0.3, 0.4) is 0 Å². The summed E-state index contributed by atoms with van der Waals surface area (Å²) >= 11 is 0. The molecule has 4 nitrogen and oxygen atoms in total. The van der Waals surface area contributed by atoms with Gasteiger partial charge in [-0.3, -0.25) is 4.79 Å². The number of ether oxygens (including phenoxy) is 2. The zero-order valence-electron chi connectivity index (χ0n) is 9.83. The molecule has 0 N–H and O–H groups in total. The van der Waals surface area contributed by atoms with E-state index in [2.05, 4.69) is 6.92 Å². The van der Waals surface area contributed by atoms with Crippen molar-refractivity contribution in [2.24, 2.45) is 5.92 Å². The summed E-state index contributed by atoms with van der Waals surface area (Å²) < 4.78 is 10.6. The van der Waals surface area contributed by atoms with Gasteiger partial charge in [0.1, 0.15) is 0 Å². The number of esters is 2. The van der Waals surface area contributed by atoms with Crippen molar-refractivity contribution in [1.29, 1.82) is 0 Å². The molecule has 4 heteroatoms. The van der Waals surface area contributed by atoms with Crippen LogP contribution in [-0.4, -0.2) is 17.7 Å². The van der Waals surface area contributed by atoms with Crippen molar-refractivity contribution in [3.63, 3.8) is 0 Å². The van der Waals surface area contributed by atoms with Crippen LogP contribution in [0.2, 0.25) is 0 Å². The molecule has 88 valence electrons. The highest BCUT2D eigenvalue weighted by Crippen LogP contribution is 2.46. The van der Waals surface area contributed by atoms with E-state index in [-0.39, 0.29) is 5.97 Å². The van der Waals surface area contributed by atoms with Gasteiger partial charge in [0.25, 0.3) is 5.79 Å². The van der Waals surface area contributed by atoms with E-state index in [9.17, 15) is 9.59 Å². The van der Waals surface area contributed by atoms with E-state index in [0.717, 1.165) is 18.4 Å². The Morgan fingerprint density at radius 1 is 1.56 bits per heavy atom. The van der Waals surface area contributed by atoms with Gasteiger partial charge in [-0.05, 0) is 25.7 Å². The van der Waals surface area contributed by atoms with E-state index < -0.39 is 11.8 Å². The Morgan fingerprint density at radius 3 is 2.88 bits per heavy atom. The minimum atomic E-state index is -1.09. The molecule has 2 rings (SSSR count). The summed E-state index contributed by atoms with van der Waals surface area (Å²) in [7, 11) is 0. The third-order valence-corrected chi connectivity index (χ3v) is 3.29. The SMILES string of the molecule is CC(=O)OC12CC(C)CCC1=C(C)C(=O)O2. The maximum atomic E-state index is 11.6. The van der Waals surface area contributed by atoms with Crippen molar-refractivity contribution in [3.8, 4) is 0 Å². The zero-order valence-corrected chi connectivity index (χ0v) is 9.83. The second kappa shape index (κ2) is 3.61. The van der Waals surface area contributed by atoms with Crippen molar-refractivity contribution in [1.82, 2.24) is 0 Å². The molecule has 0 radical (unpaired) electrons. The van der Waals surface area contributed by atoms with Crippen molar-refractivity contribution in [2.45, 2.75) is 45.8 Å². The Balaban J connectivity index is 2.37. The van der Waals surface area contributed by atoms with Crippen molar-refractivity contribution in [2.75, 3.05) is 0 Å². The molecule has 0 spiro atoms. The Kier molecular flexibility index (Phi) is 2.52. The van der Waals surface area contributed by atoms with Gasteiger partial charge in [0.15, 0.2) is 0 Å². The topological polar surface area (TPSA) is 52.6 Å². The highest BCUT2D eigenvalue weighted by atomic mass is 16.7. The molecule has 0 bridgehead atoms. The summed E-state index contributed by atoms with van der Waals surface area (Å²) in [4.78, 5) is 22.7. The van der Waals surface area contributed by atoms with Crippen LogP contribution in [0.4, 0.5) is 0 Å². The lowest BCUT2D eigenvalue weighted by atomic mass is 9.81. The molecule has 0 aromatic carbocycles. The smallest absolute Gasteiger partial charge is 0.337 e. The molecule has 0 aromatic rings. The van der Waals surface area contributed by atoms with Crippen LogP contribution in [-0.2, 0) is 19.1 Å². The molecule has 1 aliphatic carbocycles. The predicted molar refractivity (Wildman–Crippen MR) is 56.3 cm³/mol. The first-order valence-corrected chi connectivity index (χ1v) is 5.58. The van der Waals surface area contributed by atoms with Crippen LogP contribution >= 0.6 is 0 Å². The van der Waals surface area contributed by atoms with Gasteiger partial charge in [-0.15, -0.1) is 0 Å². The maximum absolute atomic E-state index is 11.6. The van der Waals surface area contributed by atoms with Crippen LogP contribution in [0.25, 0.3) is 0 Å². The second-order valence-electron chi connectivity index (χ2n) is 4.69. The average molecular weight is 224 g/mol. The number of carbonyl (C=O) groups excluding carboxylic acids is 2. The summed E-state index contributed by atoms with van der Waals surface area (Å²) in [5, 5.41) is 0. The second-order valence-corrected chi connectivity index (χ2v) is 4.69. The molecule has 1 fully saturated rings. The van der Waals surface area contributed by atoms with E-state index in [1.807, 2.05) is 0 Å². The highest BCUT2D eigenvalue weighted by molar-refractivity contribution is 5.92. The van der Waals surface area contributed by atoms with Crippen molar-refractivity contribution in [3.05, 3.63) is 11.1 Å². The largest absolute Gasteiger partial charge is 0.418 e. The van der Waals surface area contributed by atoms with Crippen molar-refractivity contribution < 1.29 is 19.1 Å². The first kappa shape index (κ1) is 11.2. The molecule has 2 atom stereocenters. The fourth-order valence-electron chi connectivity index (χ4n) is 2.55. The summed E-state index contributed by atoms with van der Waals surface area (Å²) in [5.74, 6) is -1.47. The molecule has 0 aromatic heterocycles. The molecule has 0 saturated heterocycles. The van der Waals surface area contributed by atoms with Gasteiger partial charge in [-0.25, -0.2) is 4.79 Å². The van der Waals surface area contributed by atoms with Crippen LogP contribution in [0.5, 0.6) is 0 Å². The van der Waals surface area contributed by atoms with Gasteiger partial charge in [0.2, 0.25) is 0 Å². The molecular weight excluding hydrogens is 208 g/mol. The van der Waals surface area contributed by atoms with Crippen LogP contribution in [0, 0.1) is 5.92 Å². The van der Waals surface area contributed by atoms with E-state index in [1.165, 1.54) is 6.92 Å². The summed E-state index contributed by atoms with van der Waals surface area (Å²) in [6, 6.07) is 0.